The second-order valence-corrected chi connectivity index (χ2v) is 6.17. The fraction of sp³-hybridized carbons (Fsp3) is 0.364. The smallest absolute Gasteiger partial charge is 0.275 e. The third kappa shape index (κ3) is 6.03. The maximum atomic E-state index is 12.6. The van der Waals surface area contributed by atoms with Crippen LogP contribution in [0.5, 0.6) is 5.75 Å². The molecule has 0 atom stereocenters. The average Bonchev–Trinajstić information content (AvgIpc) is 2.69. The number of amides is 1. The van der Waals surface area contributed by atoms with Crippen LogP contribution in [0.15, 0.2) is 59.7 Å². The van der Waals surface area contributed by atoms with Gasteiger partial charge in [0.05, 0.1) is 17.9 Å². The standard InChI is InChI=1S/C22H28N2O2/c1-3-5-7-15-20(18-12-8-6-9-13-18)23-24-22(25)19-14-10-11-16-21(19)26-17-4-2/h6,8-14,16H,3-5,7,15,17H2,1-2H3,(H,24,25)/b23-20+. The van der Waals surface area contributed by atoms with Crippen LogP contribution in [0.2, 0.25) is 0 Å². The molecule has 0 bridgehead atoms. The topological polar surface area (TPSA) is 50.7 Å². The van der Waals surface area contributed by atoms with E-state index in [4.69, 9.17) is 4.74 Å². The molecule has 4 heteroatoms. The lowest BCUT2D eigenvalue weighted by molar-refractivity contribution is 0.0950. The highest BCUT2D eigenvalue weighted by atomic mass is 16.5. The van der Waals surface area contributed by atoms with Crippen LogP contribution in [0.1, 0.15) is 61.9 Å². The number of rotatable bonds is 10. The molecule has 0 aromatic heterocycles. The first kappa shape index (κ1) is 19.7. The molecule has 0 heterocycles. The third-order valence-electron chi connectivity index (χ3n) is 4.01. The summed E-state index contributed by atoms with van der Waals surface area (Å²) in [6.45, 7) is 4.80. The Balaban J connectivity index is 2.14. The molecular weight excluding hydrogens is 324 g/mol. The van der Waals surface area contributed by atoms with E-state index in [2.05, 4.69) is 17.5 Å². The molecule has 0 aliphatic carbocycles. The van der Waals surface area contributed by atoms with Crippen LogP contribution in [0, 0.1) is 0 Å². The molecule has 1 amide bonds. The molecule has 2 aromatic carbocycles. The molecule has 0 fully saturated rings. The Morgan fingerprint density at radius 1 is 0.962 bits per heavy atom. The quantitative estimate of drug-likeness (QED) is 0.363. The summed E-state index contributed by atoms with van der Waals surface area (Å²) in [4.78, 5) is 12.6. The van der Waals surface area contributed by atoms with E-state index in [0.29, 0.717) is 17.9 Å². The van der Waals surface area contributed by atoms with Gasteiger partial charge in [0.1, 0.15) is 5.75 Å². The Morgan fingerprint density at radius 3 is 2.42 bits per heavy atom. The number of hydrogen-bond donors (Lipinski definition) is 1. The average molecular weight is 352 g/mol. The van der Waals surface area contributed by atoms with E-state index in [1.165, 1.54) is 0 Å². The van der Waals surface area contributed by atoms with Crippen molar-refractivity contribution in [3.63, 3.8) is 0 Å². The van der Waals surface area contributed by atoms with Crippen molar-refractivity contribution in [2.75, 3.05) is 6.61 Å². The molecule has 0 saturated carbocycles. The zero-order valence-corrected chi connectivity index (χ0v) is 15.7. The summed E-state index contributed by atoms with van der Waals surface area (Å²) >= 11 is 0. The molecule has 26 heavy (non-hydrogen) atoms. The van der Waals surface area contributed by atoms with E-state index in [1.807, 2.05) is 55.5 Å². The van der Waals surface area contributed by atoms with Crippen molar-refractivity contribution in [1.82, 2.24) is 5.43 Å². The van der Waals surface area contributed by atoms with E-state index in [9.17, 15) is 4.79 Å². The molecule has 2 rings (SSSR count). The summed E-state index contributed by atoms with van der Waals surface area (Å²) in [7, 11) is 0. The van der Waals surface area contributed by atoms with Gasteiger partial charge >= 0.3 is 0 Å². The Labute approximate surface area is 156 Å². The van der Waals surface area contributed by atoms with Crippen molar-refractivity contribution in [1.29, 1.82) is 0 Å². The van der Waals surface area contributed by atoms with E-state index in [0.717, 1.165) is 43.4 Å². The first-order valence-corrected chi connectivity index (χ1v) is 9.40. The molecule has 0 saturated heterocycles. The molecule has 138 valence electrons. The van der Waals surface area contributed by atoms with Gasteiger partial charge in [-0.25, -0.2) is 5.43 Å². The highest BCUT2D eigenvalue weighted by Gasteiger charge is 2.12. The Bertz CT molecular complexity index is 711. The molecule has 0 spiro atoms. The van der Waals surface area contributed by atoms with E-state index in [-0.39, 0.29) is 5.91 Å². The normalized spacial score (nSPS) is 11.2. The largest absolute Gasteiger partial charge is 0.493 e. The van der Waals surface area contributed by atoms with Gasteiger partial charge in [0.15, 0.2) is 0 Å². The summed E-state index contributed by atoms with van der Waals surface area (Å²) in [6, 6.07) is 17.3. The number of hydrogen-bond acceptors (Lipinski definition) is 3. The number of carbonyl (C=O) groups is 1. The first-order chi connectivity index (χ1) is 12.8. The Hall–Kier alpha value is -2.62. The Kier molecular flexibility index (Phi) is 8.40. The summed E-state index contributed by atoms with van der Waals surface area (Å²) in [5, 5.41) is 4.43. The zero-order chi connectivity index (χ0) is 18.6. The molecular formula is C22H28N2O2. The van der Waals surface area contributed by atoms with Gasteiger partial charge in [-0.3, -0.25) is 4.79 Å². The van der Waals surface area contributed by atoms with Crippen LogP contribution >= 0.6 is 0 Å². The van der Waals surface area contributed by atoms with Crippen LogP contribution in [0.25, 0.3) is 0 Å². The van der Waals surface area contributed by atoms with Crippen LogP contribution in [-0.2, 0) is 0 Å². The summed E-state index contributed by atoms with van der Waals surface area (Å²) in [5.41, 5.74) is 5.16. The van der Waals surface area contributed by atoms with Crippen molar-refractivity contribution in [2.24, 2.45) is 5.10 Å². The van der Waals surface area contributed by atoms with Crippen molar-refractivity contribution in [3.8, 4) is 5.75 Å². The molecule has 1 N–H and O–H groups in total. The fourth-order valence-electron chi connectivity index (χ4n) is 2.61. The number of unbranched alkanes of at least 4 members (excludes halogenated alkanes) is 2. The summed E-state index contributed by atoms with van der Waals surface area (Å²) in [6.07, 6.45) is 5.08. The first-order valence-electron chi connectivity index (χ1n) is 9.40. The predicted molar refractivity (Wildman–Crippen MR) is 107 cm³/mol. The lowest BCUT2D eigenvalue weighted by Gasteiger charge is -2.11. The zero-order valence-electron chi connectivity index (χ0n) is 15.7. The summed E-state index contributed by atoms with van der Waals surface area (Å²) in [5.74, 6) is 0.343. The number of para-hydroxylation sites is 1. The lowest BCUT2D eigenvalue weighted by Crippen LogP contribution is -2.21. The van der Waals surface area contributed by atoms with Crippen molar-refractivity contribution >= 4 is 11.6 Å². The fourth-order valence-corrected chi connectivity index (χ4v) is 2.61. The maximum absolute atomic E-state index is 12.6. The van der Waals surface area contributed by atoms with Gasteiger partial charge in [-0.2, -0.15) is 5.10 Å². The number of ether oxygens (including phenoxy) is 1. The Morgan fingerprint density at radius 2 is 1.69 bits per heavy atom. The van der Waals surface area contributed by atoms with Crippen LogP contribution in [0.3, 0.4) is 0 Å². The van der Waals surface area contributed by atoms with Gasteiger partial charge in [0.2, 0.25) is 0 Å². The van der Waals surface area contributed by atoms with Gasteiger partial charge in [0.25, 0.3) is 5.91 Å². The van der Waals surface area contributed by atoms with Gasteiger partial charge in [-0.15, -0.1) is 0 Å². The van der Waals surface area contributed by atoms with Crippen LogP contribution in [-0.4, -0.2) is 18.2 Å². The van der Waals surface area contributed by atoms with E-state index in [1.54, 1.807) is 6.07 Å². The SMILES string of the molecule is CCCCC/C(=N\NC(=O)c1ccccc1OCCC)c1ccccc1. The van der Waals surface area contributed by atoms with Gasteiger partial charge in [0, 0.05) is 0 Å². The second kappa shape index (κ2) is 11.1. The van der Waals surface area contributed by atoms with Gasteiger partial charge < -0.3 is 4.74 Å². The molecule has 0 aliphatic rings. The second-order valence-electron chi connectivity index (χ2n) is 6.17. The van der Waals surface area contributed by atoms with Gasteiger partial charge in [-0.1, -0.05) is 69.2 Å². The monoisotopic (exact) mass is 352 g/mol. The highest BCUT2D eigenvalue weighted by Crippen LogP contribution is 2.18. The van der Waals surface area contributed by atoms with Gasteiger partial charge in [-0.05, 0) is 37.0 Å². The molecule has 0 unspecified atom stereocenters. The van der Waals surface area contributed by atoms with Crippen molar-refractivity contribution in [3.05, 3.63) is 65.7 Å². The molecule has 0 radical (unpaired) electrons. The minimum Gasteiger partial charge on any atom is -0.493 e. The highest BCUT2D eigenvalue weighted by molar-refractivity contribution is 6.02. The van der Waals surface area contributed by atoms with Crippen molar-refractivity contribution < 1.29 is 9.53 Å². The minimum atomic E-state index is -0.249. The van der Waals surface area contributed by atoms with E-state index < -0.39 is 0 Å². The number of carbonyl (C=O) groups excluding carboxylic acids is 1. The molecule has 0 aliphatic heterocycles. The number of benzene rings is 2. The summed E-state index contributed by atoms with van der Waals surface area (Å²) < 4.78 is 5.67. The number of hydrazone groups is 1. The predicted octanol–water partition coefficient (Wildman–Crippen LogP) is 5.19. The maximum Gasteiger partial charge on any atom is 0.275 e. The minimum absolute atomic E-state index is 0.249. The van der Waals surface area contributed by atoms with Crippen molar-refractivity contribution in [2.45, 2.75) is 46.0 Å². The third-order valence-corrected chi connectivity index (χ3v) is 4.01. The van der Waals surface area contributed by atoms with E-state index >= 15 is 0 Å². The van der Waals surface area contributed by atoms with Crippen LogP contribution in [0.4, 0.5) is 0 Å². The number of nitrogens with zero attached hydrogens (tertiary/aromatic N) is 1. The molecule has 4 nitrogen and oxygen atoms in total. The lowest BCUT2D eigenvalue weighted by atomic mass is 10.0. The number of nitrogens with one attached hydrogen (secondary N) is 1. The molecule has 2 aromatic rings. The van der Waals surface area contributed by atoms with Crippen LogP contribution < -0.4 is 10.2 Å².